The van der Waals surface area contributed by atoms with Crippen molar-refractivity contribution in [2.24, 2.45) is 17.9 Å². The molecule has 3 saturated carbocycles. The summed E-state index contributed by atoms with van der Waals surface area (Å²) >= 11 is 0. The molecule has 3 aliphatic rings. The first-order chi connectivity index (χ1) is 15.9. The van der Waals surface area contributed by atoms with E-state index in [4.69, 9.17) is 9.84 Å². The van der Waals surface area contributed by atoms with Crippen LogP contribution in [0, 0.1) is 10.8 Å². The Balaban J connectivity index is 1.46. The van der Waals surface area contributed by atoms with Crippen LogP contribution in [0.4, 0.5) is 5.69 Å². The van der Waals surface area contributed by atoms with Crippen molar-refractivity contribution in [1.82, 2.24) is 19.7 Å². The molecule has 166 valence electrons. The molecule has 3 fully saturated rings. The Morgan fingerprint density at radius 3 is 2.55 bits per heavy atom. The zero-order valence-electron chi connectivity index (χ0n) is 18.9. The second-order valence-electron chi connectivity index (χ2n) is 9.80. The molecule has 2 aromatic carbocycles. The van der Waals surface area contributed by atoms with E-state index in [0.717, 1.165) is 52.7 Å². The highest BCUT2D eigenvalue weighted by Crippen LogP contribution is 2.73. The number of carbonyl (C=O) groups excluding carboxylic acids is 1. The van der Waals surface area contributed by atoms with Gasteiger partial charge in [0, 0.05) is 35.8 Å². The van der Waals surface area contributed by atoms with Gasteiger partial charge >= 0.3 is 0 Å². The SMILES string of the molecule is COc1cc2ncnc(-c3cn(C)nc3-c3ccccc3)c2cc1NC(=O)C12CC(C)(C1)C2. The van der Waals surface area contributed by atoms with Crippen LogP contribution >= 0.6 is 0 Å². The van der Waals surface area contributed by atoms with Crippen LogP contribution in [0.25, 0.3) is 33.4 Å². The molecule has 33 heavy (non-hydrogen) atoms. The monoisotopic (exact) mass is 439 g/mol. The van der Waals surface area contributed by atoms with Gasteiger partial charge in [-0.1, -0.05) is 37.3 Å². The van der Waals surface area contributed by atoms with E-state index in [0.29, 0.717) is 16.9 Å². The number of nitrogens with one attached hydrogen (secondary N) is 1. The molecule has 0 saturated heterocycles. The van der Waals surface area contributed by atoms with Crippen LogP contribution in [0.1, 0.15) is 26.2 Å². The number of hydrogen-bond donors (Lipinski definition) is 1. The standard InChI is InChI=1S/C26H25N5O2/c1-25-12-26(13-25,14-25)24(32)29-20-9-17-19(10-21(20)33-3)27-15-28-23(17)18-11-31(2)30-22(18)16-7-5-4-6-8-16/h4-11,15H,12-14H2,1-3H3,(H,29,32). The van der Waals surface area contributed by atoms with Crippen molar-refractivity contribution in [2.45, 2.75) is 26.2 Å². The smallest absolute Gasteiger partial charge is 0.230 e. The van der Waals surface area contributed by atoms with Gasteiger partial charge in [-0.25, -0.2) is 9.97 Å². The van der Waals surface area contributed by atoms with Crippen LogP contribution in [0.15, 0.2) is 55.0 Å². The predicted molar refractivity (Wildman–Crippen MR) is 127 cm³/mol. The van der Waals surface area contributed by atoms with Crippen LogP contribution in [0.3, 0.4) is 0 Å². The van der Waals surface area contributed by atoms with Gasteiger partial charge in [0.25, 0.3) is 0 Å². The third kappa shape index (κ3) is 3.03. The Morgan fingerprint density at radius 2 is 1.85 bits per heavy atom. The zero-order valence-corrected chi connectivity index (χ0v) is 18.9. The number of fused-ring (bicyclic) bond motifs is 1. The van der Waals surface area contributed by atoms with Crippen molar-refractivity contribution in [3.63, 3.8) is 0 Å². The summed E-state index contributed by atoms with van der Waals surface area (Å²) in [5, 5.41) is 8.67. The highest BCUT2D eigenvalue weighted by atomic mass is 16.5. The Morgan fingerprint density at radius 1 is 1.09 bits per heavy atom. The van der Waals surface area contributed by atoms with Gasteiger partial charge in [-0.2, -0.15) is 5.10 Å². The first kappa shape index (κ1) is 19.9. The molecule has 2 heterocycles. The molecular weight excluding hydrogens is 414 g/mol. The molecule has 0 spiro atoms. The van der Waals surface area contributed by atoms with Crippen molar-refractivity contribution in [3.05, 3.63) is 55.0 Å². The number of nitrogens with zero attached hydrogens (tertiary/aromatic N) is 4. The lowest BCUT2D eigenvalue weighted by Crippen LogP contribution is -2.65. The summed E-state index contributed by atoms with van der Waals surface area (Å²) in [7, 11) is 3.51. The van der Waals surface area contributed by atoms with Gasteiger partial charge in [0.15, 0.2) is 0 Å². The first-order valence-electron chi connectivity index (χ1n) is 11.1. The second kappa shape index (κ2) is 6.88. The van der Waals surface area contributed by atoms with Crippen molar-refractivity contribution in [3.8, 4) is 28.3 Å². The van der Waals surface area contributed by atoms with Gasteiger partial charge in [-0.15, -0.1) is 0 Å². The topological polar surface area (TPSA) is 81.9 Å². The minimum atomic E-state index is -0.214. The minimum absolute atomic E-state index is 0.0774. The van der Waals surface area contributed by atoms with E-state index in [2.05, 4.69) is 22.2 Å². The first-order valence-corrected chi connectivity index (χ1v) is 11.1. The van der Waals surface area contributed by atoms with Gasteiger partial charge in [-0.05, 0) is 30.7 Å². The minimum Gasteiger partial charge on any atom is -0.494 e. The van der Waals surface area contributed by atoms with Gasteiger partial charge in [0.1, 0.15) is 17.8 Å². The molecular formula is C26H25N5O2. The van der Waals surface area contributed by atoms with Gasteiger partial charge in [0.2, 0.25) is 5.91 Å². The van der Waals surface area contributed by atoms with Crippen molar-refractivity contribution in [1.29, 1.82) is 0 Å². The summed E-state index contributed by atoms with van der Waals surface area (Å²) in [6.07, 6.45) is 6.42. The predicted octanol–water partition coefficient (Wildman–Crippen LogP) is 4.83. The fourth-order valence-electron chi connectivity index (χ4n) is 5.83. The van der Waals surface area contributed by atoms with E-state index in [1.807, 2.05) is 55.7 Å². The number of aryl methyl sites for hydroxylation is 1. The zero-order chi connectivity index (χ0) is 22.8. The number of anilines is 1. The Bertz CT molecular complexity index is 1390. The third-order valence-electron chi connectivity index (χ3n) is 7.11. The molecule has 2 bridgehead atoms. The average molecular weight is 440 g/mol. The molecule has 0 aliphatic heterocycles. The van der Waals surface area contributed by atoms with Gasteiger partial charge in [0.05, 0.1) is 29.4 Å². The number of carbonyl (C=O) groups is 1. The van der Waals surface area contributed by atoms with E-state index in [1.165, 1.54) is 0 Å². The van der Waals surface area contributed by atoms with E-state index in [9.17, 15) is 4.79 Å². The number of methoxy groups -OCH3 is 1. The van der Waals surface area contributed by atoms with E-state index in [1.54, 1.807) is 18.1 Å². The molecule has 0 unspecified atom stereocenters. The van der Waals surface area contributed by atoms with Crippen molar-refractivity contribution < 1.29 is 9.53 Å². The van der Waals surface area contributed by atoms with E-state index >= 15 is 0 Å². The van der Waals surface area contributed by atoms with Crippen molar-refractivity contribution >= 4 is 22.5 Å². The van der Waals surface area contributed by atoms with Crippen LogP contribution in [0.5, 0.6) is 5.75 Å². The number of benzene rings is 2. The summed E-state index contributed by atoms with van der Waals surface area (Å²) in [4.78, 5) is 22.2. The molecule has 2 aromatic heterocycles. The molecule has 7 nitrogen and oxygen atoms in total. The maximum absolute atomic E-state index is 13.1. The van der Waals surface area contributed by atoms with Crippen LogP contribution < -0.4 is 10.1 Å². The molecule has 0 radical (unpaired) electrons. The average Bonchev–Trinajstić information content (AvgIpc) is 3.17. The van der Waals surface area contributed by atoms with Gasteiger partial charge in [-0.3, -0.25) is 9.48 Å². The molecule has 7 heteroatoms. The fourth-order valence-corrected chi connectivity index (χ4v) is 5.83. The Hall–Kier alpha value is -3.74. The number of amides is 1. The lowest BCUT2D eigenvalue weighted by molar-refractivity contribution is -0.194. The number of rotatable bonds is 5. The highest BCUT2D eigenvalue weighted by Gasteiger charge is 2.68. The normalized spacial score (nSPS) is 23.0. The number of hydrogen-bond acceptors (Lipinski definition) is 5. The molecule has 1 amide bonds. The van der Waals surface area contributed by atoms with Crippen molar-refractivity contribution in [2.75, 3.05) is 12.4 Å². The maximum atomic E-state index is 13.1. The Labute approximate surface area is 191 Å². The summed E-state index contributed by atoms with van der Waals surface area (Å²) < 4.78 is 7.40. The largest absolute Gasteiger partial charge is 0.494 e. The quantitative estimate of drug-likeness (QED) is 0.481. The summed E-state index contributed by atoms with van der Waals surface area (Å²) in [6.45, 7) is 2.25. The lowest BCUT2D eigenvalue weighted by Gasteiger charge is -2.68. The number of aromatic nitrogens is 4. The van der Waals surface area contributed by atoms with Crippen LogP contribution in [-0.4, -0.2) is 32.8 Å². The van der Waals surface area contributed by atoms with Gasteiger partial charge < -0.3 is 10.1 Å². The molecule has 3 aliphatic carbocycles. The lowest BCUT2D eigenvalue weighted by atomic mass is 9.35. The molecule has 0 atom stereocenters. The van der Waals surface area contributed by atoms with Crippen LogP contribution in [-0.2, 0) is 11.8 Å². The van der Waals surface area contributed by atoms with Crippen LogP contribution in [0.2, 0.25) is 0 Å². The molecule has 4 aromatic rings. The molecule has 1 N–H and O–H groups in total. The summed E-state index contributed by atoms with van der Waals surface area (Å²) in [5.74, 6) is 0.668. The summed E-state index contributed by atoms with van der Waals surface area (Å²) in [5.41, 5.74) is 5.07. The second-order valence-corrected chi connectivity index (χ2v) is 9.80. The van der Waals surface area contributed by atoms with E-state index in [-0.39, 0.29) is 11.3 Å². The maximum Gasteiger partial charge on any atom is 0.230 e. The summed E-state index contributed by atoms with van der Waals surface area (Å²) in [6, 6.07) is 13.8. The van der Waals surface area contributed by atoms with E-state index < -0.39 is 0 Å². The third-order valence-corrected chi connectivity index (χ3v) is 7.11. The number of ether oxygens (including phenoxy) is 1. The molecule has 7 rings (SSSR count). The fraction of sp³-hybridized carbons (Fsp3) is 0.308. The Kier molecular flexibility index (Phi) is 4.15. The highest BCUT2D eigenvalue weighted by molar-refractivity contribution is 6.03.